The van der Waals surface area contributed by atoms with Gasteiger partial charge in [0.15, 0.2) is 0 Å². The normalized spacial score (nSPS) is 13.2. The minimum atomic E-state index is -3.59. The van der Waals surface area contributed by atoms with E-state index in [-0.39, 0.29) is 11.4 Å². The Kier molecular flexibility index (Phi) is 4.92. The predicted molar refractivity (Wildman–Crippen MR) is 85.4 cm³/mol. The predicted octanol–water partition coefficient (Wildman–Crippen LogP) is 0.933. The molecule has 2 rings (SSSR count). The molecule has 0 saturated heterocycles. The summed E-state index contributed by atoms with van der Waals surface area (Å²) < 4.78 is 37.7. The fraction of sp³-hybridized carbons (Fsp3) is 0.308. The van der Waals surface area contributed by atoms with Crippen molar-refractivity contribution in [2.24, 2.45) is 0 Å². The number of hydrogen-bond acceptors (Lipinski definition) is 5. The summed E-state index contributed by atoms with van der Waals surface area (Å²) >= 11 is 0. The van der Waals surface area contributed by atoms with Crippen LogP contribution in [-0.2, 0) is 20.8 Å². The van der Waals surface area contributed by atoms with E-state index in [9.17, 15) is 12.6 Å². The molecule has 2 N–H and O–H groups in total. The molecule has 0 spiro atoms. The Bertz CT molecular complexity index is 775. The Morgan fingerprint density at radius 3 is 2.67 bits per heavy atom. The number of nitrogens with zero attached hydrogens (tertiary/aromatic N) is 1. The number of hydrogen-bond donors (Lipinski definition) is 2. The van der Waals surface area contributed by atoms with Gasteiger partial charge in [-0.3, -0.25) is 4.21 Å². The summed E-state index contributed by atoms with van der Waals surface area (Å²) in [5, 5.41) is 3.68. The van der Waals surface area contributed by atoms with Crippen molar-refractivity contribution >= 4 is 37.5 Å². The van der Waals surface area contributed by atoms with Crippen LogP contribution in [0.1, 0.15) is 0 Å². The number of benzene rings is 1. The van der Waals surface area contributed by atoms with Crippen molar-refractivity contribution in [1.82, 2.24) is 9.71 Å². The lowest BCUT2D eigenvalue weighted by Crippen LogP contribution is -2.27. The molecule has 1 aromatic heterocycles. The van der Waals surface area contributed by atoms with Crippen LogP contribution >= 0.6 is 0 Å². The van der Waals surface area contributed by atoms with Crippen molar-refractivity contribution in [3.8, 4) is 0 Å². The molecule has 8 heteroatoms. The largest absolute Gasteiger partial charge is 0.373 e. The van der Waals surface area contributed by atoms with Gasteiger partial charge >= 0.3 is 0 Å². The molecule has 1 atom stereocenters. The van der Waals surface area contributed by atoms with Crippen LogP contribution in [0.25, 0.3) is 10.9 Å². The van der Waals surface area contributed by atoms with Gasteiger partial charge in [0.05, 0.1) is 10.4 Å². The van der Waals surface area contributed by atoms with E-state index in [2.05, 4.69) is 15.0 Å². The summed E-state index contributed by atoms with van der Waals surface area (Å²) in [5.41, 5.74) is 0.718. The van der Waals surface area contributed by atoms with E-state index in [4.69, 9.17) is 0 Å². The zero-order valence-electron chi connectivity index (χ0n) is 11.8. The van der Waals surface area contributed by atoms with Gasteiger partial charge in [-0.2, -0.15) is 0 Å². The number of pyridine rings is 1. The lowest BCUT2D eigenvalue weighted by Gasteiger charge is -2.07. The third kappa shape index (κ3) is 3.99. The number of fused-ring (bicyclic) bond motifs is 1. The quantitative estimate of drug-likeness (QED) is 0.824. The molecule has 0 bridgehead atoms. The summed E-state index contributed by atoms with van der Waals surface area (Å²) in [5.74, 6) is 1.02. The van der Waals surface area contributed by atoms with Crippen LogP contribution in [0.4, 0.5) is 5.82 Å². The van der Waals surface area contributed by atoms with E-state index >= 15 is 0 Å². The van der Waals surface area contributed by atoms with Crippen LogP contribution in [0, 0.1) is 0 Å². The molecule has 0 aliphatic heterocycles. The van der Waals surface area contributed by atoms with E-state index in [1.165, 1.54) is 12.3 Å². The van der Waals surface area contributed by atoms with Gasteiger partial charge in [0, 0.05) is 41.8 Å². The van der Waals surface area contributed by atoms with Gasteiger partial charge in [0.1, 0.15) is 5.82 Å². The molecule has 6 nitrogen and oxygen atoms in total. The standard InChI is InChI=1S/C13H17N3O3S2/c1-14-13-6-3-10-9-11(4-5-12(10)16-13)21(18,19)15-7-8-20(2)17/h3-6,9,15H,7-8H2,1-2H3,(H,14,16). The minimum absolute atomic E-state index is 0.153. The highest BCUT2D eigenvalue weighted by Crippen LogP contribution is 2.19. The van der Waals surface area contributed by atoms with E-state index in [1.54, 1.807) is 25.2 Å². The van der Waals surface area contributed by atoms with Gasteiger partial charge in [-0.15, -0.1) is 0 Å². The molecule has 1 unspecified atom stereocenters. The molecule has 0 aliphatic carbocycles. The first-order valence-electron chi connectivity index (χ1n) is 6.30. The van der Waals surface area contributed by atoms with Crippen molar-refractivity contribution in [1.29, 1.82) is 0 Å². The van der Waals surface area contributed by atoms with Crippen molar-refractivity contribution in [2.45, 2.75) is 4.90 Å². The molecule has 0 aliphatic rings. The molecular formula is C13H17N3O3S2. The second-order valence-electron chi connectivity index (χ2n) is 4.48. The summed E-state index contributed by atoms with van der Waals surface area (Å²) in [6, 6.07) is 8.36. The highest BCUT2D eigenvalue weighted by atomic mass is 32.2. The van der Waals surface area contributed by atoms with Gasteiger partial charge in [-0.1, -0.05) is 0 Å². The van der Waals surface area contributed by atoms with Crippen LogP contribution in [0.3, 0.4) is 0 Å². The number of rotatable bonds is 6. The zero-order chi connectivity index (χ0) is 15.5. The van der Waals surface area contributed by atoms with E-state index in [0.29, 0.717) is 5.75 Å². The zero-order valence-corrected chi connectivity index (χ0v) is 13.4. The lowest BCUT2D eigenvalue weighted by atomic mass is 10.2. The van der Waals surface area contributed by atoms with Crippen LogP contribution in [0.2, 0.25) is 0 Å². The Morgan fingerprint density at radius 2 is 2.00 bits per heavy atom. The fourth-order valence-corrected chi connectivity index (χ4v) is 3.40. The fourth-order valence-electron chi connectivity index (χ4n) is 1.81. The first-order chi connectivity index (χ1) is 9.92. The summed E-state index contributed by atoms with van der Waals surface area (Å²) in [4.78, 5) is 4.51. The second kappa shape index (κ2) is 6.50. The molecule has 1 heterocycles. The maximum absolute atomic E-state index is 12.1. The Morgan fingerprint density at radius 1 is 1.24 bits per heavy atom. The van der Waals surface area contributed by atoms with Crippen molar-refractivity contribution in [2.75, 3.05) is 30.9 Å². The molecule has 0 radical (unpaired) electrons. The molecule has 1 aromatic carbocycles. The minimum Gasteiger partial charge on any atom is -0.373 e. The Hall–Kier alpha value is -1.51. The third-order valence-corrected chi connectivity index (χ3v) is 5.15. The average molecular weight is 327 g/mol. The monoisotopic (exact) mass is 327 g/mol. The van der Waals surface area contributed by atoms with Gasteiger partial charge in [0.2, 0.25) is 10.0 Å². The average Bonchev–Trinajstić information content (AvgIpc) is 2.45. The topological polar surface area (TPSA) is 88.2 Å². The maximum Gasteiger partial charge on any atom is 0.240 e. The highest BCUT2D eigenvalue weighted by Gasteiger charge is 2.14. The first kappa shape index (κ1) is 15.9. The molecule has 0 saturated carbocycles. The Balaban J connectivity index is 2.27. The van der Waals surface area contributed by atoms with Gasteiger partial charge in [0.25, 0.3) is 0 Å². The number of anilines is 1. The smallest absolute Gasteiger partial charge is 0.240 e. The number of aromatic nitrogens is 1. The molecule has 2 aromatic rings. The first-order valence-corrected chi connectivity index (χ1v) is 9.51. The summed E-state index contributed by atoms with van der Waals surface area (Å²) in [7, 11) is -2.85. The molecule has 0 amide bonds. The van der Waals surface area contributed by atoms with Crippen molar-refractivity contribution in [3.63, 3.8) is 0 Å². The van der Waals surface area contributed by atoms with Crippen LogP contribution in [-0.4, -0.2) is 43.2 Å². The van der Waals surface area contributed by atoms with Gasteiger partial charge in [-0.05, 0) is 30.3 Å². The summed E-state index contributed by atoms with van der Waals surface area (Å²) in [6.07, 6.45) is 1.54. The van der Waals surface area contributed by atoms with Gasteiger partial charge in [-0.25, -0.2) is 18.1 Å². The summed E-state index contributed by atoms with van der Waals surface area (Å²) in [6.45, 7) is 0.153. The van der Waals surface area contributed by atoms with Crippen molar-refractivity contribution in [3.05, 3.63) is 30.3 Å². The second-order valence-corrected chi connectivity index (χ2v) is 7.80. The van der Waals surface area contributed by atoms with E-state index < -0.39 is 20.8 Å². The van der Waals surface area contributed by atoms with Crippen LogP contribution < -0.4 is 10.0 Å². The lowest BCUT2D eigenvalue weighted by molar-refractivity contribution is 0.584. The molecule has 0 fully saturated rings. The van der Waals surface area contributed by atoms with Crippen LogP contribution in [0.15, 0.2) is 35.2 Å². The van der Waals surface area contributed by atoms with Gasteiger partial charge < -0.3 is 5.32 Å². The van der Waals surface area contributed by atoms with E-state index in [0.717, 1.165) is 16.7 Å². The number of sulfonamides is 1. The van der Waals surface area contributed by atoms with E-state index in [1.807, 2.05) is 6.07 Å². The highest BCUT2D eigenvalue weighted by molar-refractivity contribution is 7.89. The van der Waals surface area contributed by atoms with Crippen LogP contribution in [0.5, 0.6) is 0 Å². The maximum atomic E-state index is 12.1. The molecular weight excluding hydrogens is 310 g/mol. The SMILES string of the molecule is CNc1ccc2cc(S(=O)(=O)NCCS(C)=O)ccc2n1. The molecule has 114 valence electrons. The molecule has 21 heavy (non-hydrogen) atoms. The number of nitrogens with one attached hydrogen (secondary N) is 2. The third-order valence-electron chi connectivity index (χ3n) is 2.91. The van der Waals surface area contributed by atoms with Crippen molar-refractivity contribution < 1.29 is 12.6 Å². The Labute approximate surface area is 126 Å².